The molecule has 21 heavy (non-hydrogen) atoms. The van der Waals surface area contributed by atoms with E-state index in [1.807, 2.05) is 11.9 Å². The number of rotatable bonds is 1. The lowest BCUT2D eigenvalue weighted by molar-refractivity contribution is -0.140. The van der Waals surface area contributed by atoms with Crippen LogP contribution in [0.2, 0.25) is 0 Å². The van der Waals surface area contributed by atoms with Gasteiger partial charge in [0.25, 0.3) is 0 Å². The molecule has 4 atom stereocenters. The molecular formula is C18H26N2O. The van der Waals surface area contributed by atoms with Gasteiger partial charge >= 0.3 is 0 Å². The van der Waals surface area contributed by atoms with E-state index < -0.39 is 0 Å². The minimum Gasteiger partial charge on any atom is -0.342 e. The number of carbonyl (C=O) groups is 1. The molecule has 1 aromatic rings. The average Bonchev–Trinajstić information content (AvgIpc) is 2.46. The molecule has 3 nitrogen and oxygen atoms in total. The van der Waals surface area contributed by atoms with Crippen molar-refractivity contribution in [2.75, 3.05) is 13.6 Å². The Morgan fingerprint density at radius 2 is 2.00 bits per heavy atom. The van der Waals surface area contributed by atoms with Crippen molar-refractivity contribution in [2.45, 2.75) is 51.6 Å². The van der Waals surface area contributed by atoms with Crippen LogP contribution >= 0.6 is 0 Å². The summed E-state index contributed by atoms with van der Waals surface area (Å²) in [5.74, 6) is 0.916. The van der Waals surface area contributed by atoms with Crippen LogP contribution in [-0.2, 0) is 4.79 Å². The number of benzene rings is 1. The highest BCUT2D eigenvalue weighted by Gasteiger charge is 2.42. The maximum absolute atomic E-state index is 12.9. The normalized spacial score (nSPS) is 33.0. The van der Waals surface area contributed by atoms with E-state index in [2.05, 4.69) is 44.3 Å². The summed E-state index contributed by atoms with van der Waals surface area (Å²) in [7, 11) is 2.00. The van der Waals surface area contributed by atoms with Crippen LogP contribution in [0, 0.1) is 19.8 Å². The maximum atomic E-state index is 12.9. The molecule has 0 aromatic heterocycles. The second-order valence-electron chi connectivity index (χ2n) is 6.97. The number of nitrogens with one attached hydrogen (secondary N) is 1. The van der Waals surface area contributed by atoms with Crippen LogP contribution in [0.25, 0.3) is 0 Å². The summed E-state index contributed by atoms with van der Waals surface area (Å²) in [5.41, 5.74) is 3.70. The fourth-order valence-corrected chi connectivity index (χ4v) is 4.05. The average molecular weight is 286 g/mol. The van der Waals surface area contributed by atoms with Crippen molar-refractivity contribution in [3.05, 3.63) is 34.9 Å². The first kappa shape index (κ1) is 14.6. The number of hydrogen-bond acceptors (Lipinski definition) is 2. The van der Waals surface area contributed by atoms with Crippen molar-refractivity contribution in [3.63, 3.8) is 0 Å². The number of aryl methyl sites for hydroxylation is 2. The van der Waals surface area contributed by atoms with Gasteiger partial charge in [0.15, 0.2) is 0 Å². The lowest BCUT2D eigenvalue weighted by Gasteiger charge is -2.47. The molecular weight excluding hydrogens is 260 g/mol. The summed E-state index contributed by atoms with van der Waals surface area (Å²) >= 11 is 0. The van der Waals surface area contributed by atoms with Crippen LogP contribution in [0.4, 0.5) is 0 Å². The third kappa shape index (κ3) is 2.59. The van der Waals surface area contributed by atoms with E-state index in [0.29, 0.717) is 23.9 Å². The highest BCUT2D eigenvalue weighted by Crippen LogP contribution is 2.38. The van der Waals surface area contributed by atoms with Crippen molar-refractivity contribution in [1.29, 1.82) is 0 Å². The van der Waals surface area contributed by atoms with Crippen molar-refractivity contribution < 1.29 is 4.79 Å². The highest BCUT2D eigenvalue weighted by atomic mass is 16.2. The fraction of sp³-hybridized carbons (Fsp3) is 0.611. The first-order chi connectivity index (χ1) is 9.97. The number of carbonyl (C=O) groups excluding carboxylic acids is 1. The number of likely N-dealkylation sites (N-methyl/N-ethyl adjacent to an activating group) is 1. The van der Waals surface area contributed by atoms with E-state index in [4.69, 9.17) is 0 Å². The van der Waals surface area contributed by atoms with Gasteiger partial charge in [0, 0.05) is 25.7 Å². The zero-order chi connectivity index (χ0) is 15.1. The molecule has 114 valence electrons. The highest BCUT2D eigenvalue weighted by molar-refractivity contribution is 5.85. The fourth-order valence-electron chi connectivity index (χ4n) is 4.05. The second-order valence-corrected chi connectivity index (χ2v) is 6.97. The molecule has 0 bridgehead atoms. The molecule has 2 heterocycles. The van der Waals surface area contributed by atoms with E-state index in [1.165, 1.54) is 16.7 Å². The summed E-state index contributed by atoms with van der Waals surface area (Å²) in [5, 5.41) is 3.58. The largest absolute Gasteiger partial charge is 0.342 e. The van der Waals surface area contributed by atoms with Crippen molar-refractivity contribution in [1.82, 2.24) is 10.2 Å². The summed E-state index contributed by atoms with van der Waals surface area (Å²) in [4.78, 5) is 14.9. The zero-order valence-corrected chi connectivity index (χ0v) is 13.5. The number of nitrogens with zero attached hydrogens (tertiary/aromatic N) is 1. The predicted molar refractivity (Wildman–Crippen MR) is 85.4 cm³/mol. The molecule has 1 aromatic carbocycles. The van der Waals surface area contributed by atoms with E-state index in [9.17, 15) is 4.79 Å². The van der Waals surface area contributed by atoms with Crippen LogP contribution in [0.1, 0.15) is 42.4 Å². The lowest BCUT2D eigenvalue weighted by atomic mass is 9.75. The predicted octanol–water partition coefficient (Wildman–Crippen LogP) is 2.62. The standard InChI is InChI=1S/C18H26N2O/c1-11-5-6-12(2)15(7-11)16-9-14-10-19-13(3)8-17(14)20(4)18(16)21/h5-7,13-14,16-17,19H,8-10H2,1-4H3. The van der Waals surface area contributed by atoms with Crippen molar-refractivity contribution in [3.8, 4) is 0 Å². The van der Waals surface area contributed by atoms with Crippen LogP contribution in [-0.4, -0.2) is 36.5 Å². The minimum absolute atomic E-state index is 0.0337. The van der Waals surface area contributed by atoms with Gasteiger partial charge in [-0.3, -0.25) is 4.79 Å². The van der Waals surface area contributed by atoms with Gasteiger partial charge in [-0.05, 0) is 50.7 Å². The molecule has 0 aliphatic carbocycles. The van der Waals surface area contributed by atoms with Crippen LogP contribution in [0.5, 0.6) is 0 Å². The molecule has 1 N–H and O–H groups in total. The third-order valence-electron chi connectivity index (χ3n) is 5.36. The van der Waals surface area contributed by atoms with Crippen LogP contribution in [0.3, 0.4) is 0 Å². The van der Waals surface area contributed by atoms with Gasteiger partial charge in [-0.25, -0.2) is 0 Å². The zero-order valence-electron chi connectivity index (χ0n) is 13.5. The van der Waals surface area contributed by atoms with Gasteiger partial charge in [0.05, 0.1) is 5.92 Å². The number of piperidine rings is 2. The molecule has 0 spiro atoms. The topological polar surface area (TPSA) is 32.3 Å². The van der Waals surface area contributed by atoms with E-state index in [-0.39, 0.29) is 5.92 Å². The Hall–Kier alpha value is -1.35. The first-order valence-electron chi connectivity index (χ1n) is 8.04. The number of hydrogen-bond donors (Lipinski definition) is 1. The Morgan fingerprint density at radius 3 is 2.76 bits per heavy atom. The molecule has 3 heteroatoms. The van der Waals surface area contributed by atoms with Crippen LogP contribution in [0.15, 0.2) is 18.2 Å². The van der Waals surface area contributed by atoms with Crippen LogP contribution < -0.4 is 5.32 Å². The molecule has 4 unspecified atom stereocenters. The lowest BCUT2D eigenvalue weighted by Crippen LogP contribution is -2.57. The SMILES string of the molecule is Cc1ccc(C)c(C2CC3CNC(C)CC3N(C)C2=O)c1. The van der Waals surface area contributed by atoms with Gasteiger partial charge in [0.1, 0.15) is 0 Å². The van der Waals surface area contributed by atoms with Gasteiger partial charge in [0.2, 0.25) is 5.91 Å². The molecule has 2 fully saturated rings. The molecule has 1 amide bonds. The van der Waals surface area contributed by atoms with Gasteiger partial charge in [-0.2, -0.15) is 0 Å². The molecule has 2 saturated heterocycles. The van der Waals surface area contributed by atoms with Gasteiger partial charge < -0.3 is 10.2 Å². The smallest absolute Gasteiger partial charge is 0.230 e. The quantitative estimate of drug-likeness (QED) is 0.860. The van der Waals surface area contributed by atoms with Gasteiger partial charge in [-0.1, -0.05) is 23.8 Å². The van der Waals surface area contributed by atoms with E-state index >= 15 is 0 Å². The Balaban J connectivity index is 1.91. The van der Waals surface area contributed by atoms with E-state index in [0.717, 1.165) is 19.4 Å². The number of fused-ring (bicyclic) bond motifs is 1. The number of amides is 1. The molecule has 0 radical (unpaired) electrons. The monoisotopic (exact) mass is 286 g/mol. The second kappa shape index (κ2) is 5.45. The molecule has 2 aliphatic rings. The molecule has 3 rings (SSSR count). The Morgan fingerprint density at radius 1 is 1.24 bits per heavy atom. The van der Waals surface area contributed by atoms with E-state index in [1.54, 1.807) is 0 Å². The Labute approximate surface area is 127 Å². The summed E-state index contributed by atoms with van der Waals surface area (Å²) in [6, 6.07) is 7.40. The summed E-state index contributed by atoms with van der Waals surface area (Å²) in [6.07, 6.45) is 2.06. The third-order valence-corrected chi connectivity index (χ3v) is 5.36. The van der Waals surface area contributed by atoms with Crippen molar-refractivity contribution in [2.24, 2.45) is 5.92 Å². The summed E-state index contributed by atoms with van der Waals surface area (Å²) < 4.78 is 0. The van der Waals surface area contributed by atoms with Gasteiger partial charge in [-0.15, -0.1) is 0 Å². The molecule has 2 aliphatic heterocycles. The molecule has 0 saturated carbocycles. The Kier molecular flexibility index (Phi) is 3.78. The van der Waals surface area contributed by atoms with Crippen molar-refractivity contribution >= 4 is 5.91 Å². The maximum Gasteiger partial charge on any atom is 0.230 e. The summed E-state index contributed by atoms with van der Waals surface area (Å²) in [6.45, 7) is 7.47. The Bertz CT molecular complexity index is 554. The minimum atomic E-state index is 0.0337. The first-order valence-corrected chi connectivity index (χ1v) is 8.04. The number of likely N-dealkylation sites (tertiary alicyclic amines) is 1.